The molecule has 1 aliphatic carbocycles. The predicted molar refractivity (Wildman–Crippen MR) is 106 cm³/mol. The number of urea groups is 1. The van der Waals surface area contributed by atoms with Crippen LogP contribution in [-0.4, -0.2) is 46.1 Å². The average Bonchev–Trinajstić information content (AvgIpc) is 3.54. The molecular formula is C20H24ClN5O. The Kier molecular flexibility index (Phi) is 5.43. The highest BCUT2D eigenvalue weighted by Gasteiger charge is 2.36. The Morgan fingerprint density at radius 1 is 1.11 bits per heavy atom. The summed E-state index contributed by atoms with van der Waals surface area (Å²) >= 11 is 5.90. The van der Waals surface area contributed by atoms with Gasteiger partial charge in [0, 0.05) is 42.9 Å². The standard InChI is InChI=1S/C20H24ClN5O/c21-16-3-1-15(2-4-16)13-23-20(27)25-11-8-18(9-12-25)26(17-5-6-17)19-7-10-22-14-24-19/h1-4,7,10,14,17-18H,5-6,8-9,11-13H2,(H,23,27). The van der Waals surface area contributed by atoms with Gasteiger partial charge >= 0.3 is 6.03 Å². The van der Waals surface area contributed by atoms with E-state index in [0.29, 0.717) is 23.7 Å². The zero-order valence-corrected chi connectivity index (χ0v) is 16.0. The number of hydrogen-bond donors (Lipinski definition) is 1. The number of carbonyl (C=O) groups excluding carboxylic acids is 1. The van der Waals surface area contributed by atoms with E-state index in [9.17, 15) is 4.79 Å². The van der Waals surface area contributed by atoms with E-state index in [4.69, 9.17) is 11.6 Å². The fourth-order valence-electron chi connectivity index (χ4n) is 3.70. The third-order valence-electron chi connectivity index (χ3n) is 5.27. The summed E-state index contributed by atoms with van der Waals surface area (Å²) in [6, 6.07) is 10.6. The number of likely N-dealkylation sites (tertiary alicyclic amines) is 1. The van der Waals surface area contributed by atoms with Crippen LogP contribution in [0.1, 0.15) is 31.2 Å². The third kappa shape index (κ3) is 4.50. The molecule has 1 aliphatic heterocycles. The van der Waals surface area contributed by atoms with E-state index in [2.05, 4.69) is 20.2 Å². The fourth-order valence-corrected chi connectivity index (χ4v) is 3.83. The lowest BCUT2D eigenvalue weighted by Gasteiger charge is -2.39. The van der Waals surface area contributed by atoms with E-state index in [1.54, 1.807) is 12.5 Å². The van der Waals surface area contributed by atoms with Crippen molar-refractivity contribution in [2.24, 2.45) is 0 Å². The van der Waals surface area contributed by atoms with Gasteiger partial charge in [-0.3, -0.25) is 0 Å². The van der Waals surface area contributed by atoms with Crippen molar-refractivity contribution >= 4 is 23.4 Å². The smallest absolute Gasteiger partial charge is 0.317 e. The number of halogens is 1. The van der Waals surface area contributed by atoms with Gasteiger partial charge in [-0.05, 0) is 49.4 Å². The van der Waals surface area contributed by atoms with Gasteiger partial charge in [-0.25, -0.2) is 14.8 Å². The number of nitrogens with one attached hydrogen (secondary N) is 1. The molecule has 2 aromatic rings. The summed E-state index contributed by atoms with van der Waals surface area (Å²) in [6.07, 6.45) is 7.81. The first-order valence-electron chi connectivity index (χ1n) is 9.52. The van der Waals surface area contributed by atoms with Crippen molar-refractivity contribution in [1.29, 1.82) is 0 Å². The number of amides is 2. The number of carbonyl (C=O) groups is 1. The molecule has 1 saturated heterocycles. The van der Waals surface area contributed by atoms with Gasteiger partial charge in [-0.15, -0.1) is 0 Å². The highest BCUT2D eigenvalue weighted by atomic mass is 35.5. The average molecular weight is 386 g/mol. The Hall–Kier alpha value is -2.34. The summed E-state index contributed by atoms with van der Waals surface area (Å²) < 4.78 is 0. The molecule has 2 aliphatic rings. The second-order valence-electron chi connectivity index (χ2n) is 7.21. The van der Waals surface area contributed by atoms with Crippen molar-refractivity contribution in [2.75, 3.05) is 18.0 Å². The third-order valence-corrected chi connectivity index (χ3v) is 5.53. The van der Waals surface area contributed by atoms with E-state index in [1.807, 2.05) is 35.2 Å². The molecule has 4 rings (SSSR count). The van der Waals surface area contributed by atoms with E-state index < -0.39 is 0 Å². The zero-order chi connectivity index (χ0) is 18.6. The molecule has 1 aromatic carbocycles. The van der Waals surface area contributed by atoms with Gasteiger partial charge in [0.05, 0.1) is 0 Å². The van der Waals surface area contributed by atoms with Gasteiger partial charge < -0.3 is 15.1 Å². The summed E-state index contributed by atoms with van der Waals surface area (Å²) in [4.78, 5) is 25.3. The number of rotatable bonds is 5. The second kappa shape index (κ2) is 8.13. The van der Waals surface area contributed by atoms with Crippen LogP contribution in [0.3, 0.4) is 0 Å². The maximum absolute atomic E-state index is 12.5. The van der Waals surface area contributed by atoms with Crippen molar-refractivity contribution in [1.82, 2.24) is 20.2 Å². The van der Waals surface area contributed by atoms with Crippen molar-refractivity contribution in [3.05, 3.63) is 53.4 Å². The van der Waals surface area contributed by atoms with Crippen LogP contribution in [0, 0.1) is 0 Å². The minimum absolute atomic E-state index is 0.00316. The molecule has 142 valence electrons. The molecule has 1 N–H and O–H groups in total. The summed E-state index contributed by atoms with van der Waals surface area (Å²) in [5.41, 5.74) is 1.05. The van der Waals surface area contributed by atoms with Crippen molar-refractivity contribution in [3.63, 3.8) is 0 Å². The molecule has 7 heteroatoms. The quantitative estimate of drug-likeness (QED) is 0.856. The lowest BCUT2D eigenvalue weighted by Crippen LogP contribution is -2.50. The van der Waals surface area contributed by atoms with Crippen LogP contribution in [0.4, 0.5) is 10.6 Å². The van der Waals surface area contributed by atoms with Gasteiger partial charge in [0.1, 0.15) is 12.1 Å². The Morgan fingerprint density at radius 3 is 2.44 bits per heavy atom. The number of aromatic nitrogens is 2. The Morgan fingerprint density at radius 2 is 1.81 bits per heavy atom. The molecule has 0 spiro atoms. The molecule has 0 bridgehead atoms. The van der Waals surface area contributed by atoms with E-state index >= 15 is 0 Å². The number of piperidine rings is 1. The second-order valence-corrected chi connectivity index (χ2v) is 7.65. The van der Waals surface area contributed by atoms with Crippen molar-refractivity contribution in [2.45, 2.75) is 44.3 Å². The first kappa shape index (κ1) is 18.0. The normalized spacial score (nSPS) is 17.6. The minimum atomic E-state index is 0.00316. The summed E-state index contributed by atoms with van der Waals surface area (Å²) in [5, 5.41) is 3.71. The maximum Gasteiger partial charge on any atom is 0.317 e. The molecule has 0 atom stereocenters. The van der Waals surface area contributed by atoms with E-state index in [-0.39, 0.29) is 6.03 Å². The van der Waals surface area contributed by atoms with Crippen LogP contribution in [0.2, 0.25) is 5.02 Å². The van der Waals surface area contributed by atoms with Gasteiger partial charge in [-0.2, -0.15) is 0 Å². The van der Waals surface area contributed by atoms with Gasteiger partial charge in [0.15, 0.2) is 0 Å². The zero-order valence-electron chi connectivity index (χ0n) is 15.2. The van der Waals surface area contributed by atoms with Crippen molar-refractivity contribution in [3.8, 4) is 0 Å². The van der Waals surface area contributed by atoms with Gasteiger partial charge in [0.25, 0.3) is 0 Å². The first-order chi connectivity index (χ1) is 13.2. The molecule has 6 nitrogen and oxygen atoms in total. The highest BCUT2D eigenvalue weighted by molar-refractivity contribution is 6.30. The highest BCUT2D eigenvalue weighted by Crippen LogP contribution is 2.35. The van der Waals surface area contributed by atoms with Gasteiger partial charge in [-0.1, -0.05) is 23.7 Å². The summed E-state index contributed by atoms with van der Waals surface area (Å²) in [7, 11) is 0. The lowest BCUT2D eigenvalue weighted by atomic mass is 10.0. The van der Waals surface area contributed by atoms with Crippen LogP contribution >= 0.6 is 11.6 Å². The maximum atomic E-state index is 12.5. The van der Waals surface area contributed by atoms with Gasteiger partial charge in [0.2, 0.25) is 0 Å². The molecule has 1 aromatic heterocycles. The van der Waals surface area contributed by atoms with Crippen LogP contribution in [-0.2, 0) is 6.54 Å². The molecule has 1 saturated carbocycles. The molecular weight excluding hydrogens is 362 g/mol. The Labute approximate surface area is 164 Å². The van der Waals surface area contributed by atoms with Crippen LogP contribution < -0.4 is 10.2 Å². The summed E-state index contributed by atoms with van der Waals surface area (Å²) in [6.45, 7) is 2.06. The lowest BCUT2D eigenvalue weighted by molar-refractivity contribution is 0.179. The van der Waals surface area contributed by atoms with E-state index in [1.165, 1.54) is 12.8 Å². The first-order valence-corrected chi connectivity index (χ1v) is 9.90. The minimum Gasteiger partial charge on any atom is -0.350 e. The Bertz CT molecular complexity index is 758. The van der Waals surface area contributed by atoms with E-state index in [0.717, 1.165) is 37.3 Å². The summed E-state index contributed by atoms with van der Waals surface area (Å²) in [5.74, 6) is 1.01. The number of hydrogen-bond acceptors (Lipinski definition) is 4. The SMILES string of the molecule is O=C(NCc1ccc(Cl)cc1)N1CCC(N(c2ccncn2)C2CC2)CC1. The predicted octanol–water partition coefficient (Wildman–Crippen LogP) is 3.47. The number of anilines is 1. The Balaban J connectivity index is 1.30. The molecule has 2 amide bonds. The fraction of sp³-hybridized carbons (Fsp3) is 0.450. The van der Waals surface area contributed by atoms with Crippen LogP contribution in [0.5, 0.6) is 0 Å². The molecule has 0 unspecified atom stereocenters. The number of nitrogens with zero attached hydrogens (tertiary/aromatic N) is 4. The molecule has 2 heterocycles. The topological polar surface area (TPSA) is 61.4 Å². The van der Waals surface area contributed by atoms with Crippen LogP contribution in [0.15, 0.2) is 42.9 Å². The number of benzene rings is 1. The molecule has 2 fully saturated rings. The molecule has 0 radical (unpaired) electrons. The van der Waals surface area contributed by atoms with Crippen molar-refractivity contribution < 1.29 is 4.79 Å². The largest absolute Gasteiger partial charge is 0.350 e. The monoisotopic (exact) mass is 385 g/mol. The molecule has 27 heavy (non-hydrogen) atoms. The van der Waals surface area contributed by atoms with Crippen LogP contribution in [0.25, 0.3) is 0 Å².